The highest BCUT2D eigenvalue weighted by molar-refractivity contribution is 9.10. The number of ether oxygens (including phenoxy) is 1. The number of rotatable bonds is 7. The van der Waals surface area contributed by atoms with Gasteiger partial charge in [0.15, 0.2) is 6.10 Å². The molecule has 0 spiro atoms. The molecule has 270 valence electrons. The number of aromatic hydroxyl groups is 1. The third-order valence-corrected chi connectivity index (χ3v) is 12.6. The number of likely N-dealkylation sites (tertiary alicyclic amines) is 2. The molecule has 16 heteroatoms. The van der Waals surface area contributed by atoms with Crippen LogP contribution in [0.2, 0.25) is 0 Å². The summed E-state index contributed by atoms with van der Waals surface area (Å²) >= 11 is 3.39. The van der Waals surface area contributed by atoms with Crippen molar-refractivity contribution in [2.24, 2.45) is 17.0 Å². The van der Waals surface area contributed by atoms with Gasteiger partial charge >= 0.3 is 12.1 Å². The number of hydrogen-bond acceptors (Lipinski definition) is 7. The van der Waals surface area contributed by atoms with Crippen molar-refractivity contribution in [3.8, 4) is 5.75 Å². The second-order valence-corrected chi connectivity index (χ2v) is 16.4. The van der Waals surface area contributed by atoms with Gasteiger partial charge in [0.2, 0.25) is 0 Å². The summed E-state index contributed by atoms with van der Waals surface area (Å²) in [7, 11) is -1.91. The van der Waals surface area contributed by atoms with Gasteiger partial charge in [0.1, 0.15) is 13.6 Å². The van der Waals surface area contributed by atoms with Crippen LogP contribution in [0.4, 0.5) is 15.3 Å². The van der Waals surface area contributed by atoms with Gasteiger partial charge < -0.3 is 29.9 Å². The van der Waals surface area contributed by atoms with E-state index >= 15 is 0 Å². The van der Waals surface area contributed by atoms with E-state index in [0.717, 1.165) is 48.9 Å². The van der Waals surface area contributed by atoms with E-state index in [1.165, 1.54) is 4.31 Å². The lowest BCUT2D eigenvalue weighted by Gasteiger charge is -2.40. The number of hydrogen-bond donors (Lipinski definition) is 3. The van der Waals surface area contributed by atoms with E-state index in [2.05, 4.69) is 21.2 Å². The maximum Gasteiger partial charge on any atom is 0.410 e. The topological polar surface area (TPSA) is 166 Å². The lowest BCUT2D eigenvalue weighted by Crippen LogP contribution is -2.52. The molecule has 4 N–H and O–H groups in total. The van der Waals surface area contributed by atoms with Crippen LogP contribution in [0.3, 0.4) is 0 Å². The van der Waals surface area contributed by atoms with Gasteiger partial charge in [-0.05, 0) is 101 Å². The zero-order valence-corrected chi connectivity index (χ0v) is 30.8. The highest BCUT2D eigenvalue weighted by Crippen LogP contribution is 2.34. The third kappa shape index (κ3) is 8.40. The van der Waals surface area contributed by atoms with Crippen molar-refractivity contribution in [3.05, 3.63) is 52.0 Å². The lowest BCUT2D eigenvalue weighted by atomic mass is 9.79. The Kier molecular flexibility index (Phi) is 11.3. The Bertz CT molecular complexity index is 1670. The number of nitrogens with one attached hydrogen (secondary N) is 1. The van der Waals surface area contributed by atoms with Crippen LogP contribution in [0, 0.1) is 11.8 Å². The summed E-state index contributed by atoms with van der Waals surface area (Å²) in [5.41, 5.74) is 3.33. The number of amides is 4. The fraction of sp³-hybridized carbons (Fsp3) is 0.559. The average Bonchev–Trinajstić information content (AvgIpc) is 3.27. The summed E-state index contributed by atoms with van der Waals surface area (Å²) in [5, 5.41) is 18.6. The monoisotopic (exact) mass is 772 g/mol. The molecule has 4 heterocycles. The molecular weight excluding hydrogens is 727 g/mol. The molecule has 2 aromatic rings. The predicted octanol–water partition coefficient (Wildman–Crippen LogP) is 2.17. The third-order valence-electron chi connectivity index (χ3n) is 10.9. The van der Waals surface area contributed by atoms with Crippen molar-refractivity contribution < 1.29 is 32.6 Å². The van der Waals surface area contributed by atoms with E-state index in [-0.39, 0.29) is 30.2 Å². The highest BCUT2D eigenvalue weighted by atomic mass is 79.9. The molecule has 0 unspecified atom stereocenters. The number of nitrogens with zero attached hydrogens (tertiary/aromatic N) is 4. The van der Waals surface area contributed by atoms with Crippen LogP contribution in [-0.2, 0) is 32.6 Å². The molecular formula is C34H46BBrN6O7S. The number of phenols is 1. The first-order valence-corrected chi connectivity index (χ1v) is 19.8. The van der Waals surface area contributed by atoms with Gasteiger partial charge in [-0.15, -0.1) is 0 Å². The Morgan fingerprint density at radius 3 is 2.22 bits per heavy atom. The first kappa shape index (κ1) is 36.5. The summed E-state index contributed by atoms with van der Waals surface area (Å²) < 4.78 is 31.3. The Labute approximate surface area is 303 Å². The number of halogens is 1. The molecule has 50 heavy (non-hydrogen) atoms. The second-order valence-electron chi connectivity index (χ2n) is 14.0. The van der Waals surface area contributed by atoms with Crippen molar-refractivity contribution in [3.63, 3.8) is 0 Å². The van der Waals surface area contributed by atoms with E-state index in [0.29, 0.717) is 80.4 Å². The number of nitrogens with two attached hydrogens (primary N) is 1. The zero-order chi connectivity index (χ0) is 35.6. The molecule has 2 aromatic carbocycles. The molecule has 1 atom stereocenters. The number of anilines is 1. The maximum absolute atomic E-state index is 14.0. The molecule has 4 aliphatic rings. The minimum absolute atomic E-state index is 0.0173. The molecule has 0 aliphatic carbocycles. The van der Waals surface area contributed by atoms with Gasteiger partial charge in [0.25, 0.3) is 16.1 Å². The van der Waals surface area contributed by atoms with E-state index in [4.69, 9.17) is 9.88 Å². The van der Waals surface area contributed by atoms with Gasteiger partial charge in [-0.1, -0.05) is 24.3 Å². The zero-order valence-electron chi connectivity index (χ0n) is 28.4. The number of benzene rings is 2. The SMILES string of the molecule is Bc1cc(C[C@@H](OC(=O)N2CCC(N3CCc4ccccc4NC3=O)CC2)C(=O)N2CCC(C3CCN(S(N)(=O)=O)CC3)CC2)cc(Br)c1O. The number of para-hydroxylation sites is 1. The number of fused-ring (bicyclic) bond motifs is 1. The number of carbonyl (C=O) groups excluding carboxylic acids is 3. The van der Waals surface area contributed by atoms with Crippen LogP contribution in [0.1, 0.15) is 49.7 Å². The highest BCUT2D eigenvalue weighted by Gasteiger charge is 2.37. The van der Waals surface area contributed by atoms with Crippen LogP contribution in [0.5, 0.6) is 5.75 Å². The van der Waals surface area contributed by atoms with Gasteiger partial charge in [-0.2, -0.15) is 12.7 Å². The second kappa shape index (κ2) is 15.5. The Balaban J connectivity index is 1.07. The summed E-state index contributed by atoms with van der Waals surface area (Å²) in [5.74, 6) is 0.615. The quantitative estimate of drug-likeness (QED) is 0.363. The number of piperidine rings is 3. The van der Waals surface area contributed by atoms with Gasteiger partial charge in [-0.3, -0.25) is 4.79 Å². The predicted molar refractivity (Wildman–Crippen MR) is 195 cm³/mol. The lowest BCUT2D eigenvalue weighted by molar-refractivity contribution is -0.142. The molecule has 0 bridgehead atoms. The van der Waals surface area contributed by atoms with Crippen LogP contribution in [-0.4, -0.2) is 116 Å². The molecule has 3 saturated heterocycles. The molecule has 0 saturated carbocycles. The van der Waals surface area contributed by atoms with Crippen LogP contribution in [0.15, 0.2) is 40.9 Å². The van der Waals surface area contributed by atoms with Crippen molar-refractivity contribution >= 4 is 63.2 Å². The van der Waals surface area contributed by atoms with Crippen LogP contribution < -0.4 is 15.9 Å². The standard InChI is InChI=1S/C34H46BBrN6O7S/c35-27-19-22(20-28(36)31(27)43)21-30(32(44)39-12-5-23(6-13-39)24-7-16-41(17-8-24)50(37,47)48)49-34(46)40-14-10-26(11-15-40)42-18-9-25-3-1-2-4-29(25)38-33(42)45/h1-4,19-20,23-24,26,30,43H,5-18,21,35H2,(H,38,45)(H2,37,47,48)/t30-/m1/s1. The minimum Gasteiger partial charge on any atom is -0.507 e. The van der Waals surface area contributed by atoms with Crippen molar-refractivity contribution in [2.75, 3.05) is 51.1 Å². The number of phenolic OH excluding ortho intramolecular Hbond substituents is 1. The first-order valence-electron chi connectivity index (χ1n) is 17.5. The van der Waals surface area contributed by atoms with Crippen molar-refractivity contribution in [1.29, 1.82) is 0 Å². The number of urea groups is 1. The molecule has 6 rings (SSSR count). The Hall–Kier alpha value is -3.34. The Morgan fingerprint density at radius 2 is 1.58 bits per heavy atom. The molecule has 4 amide bonds. The Morgan fingerprint density at radius 1 is 0.960 bits per heavy atom. The van der Waals surface area contributed by atoms with Crippen molar-refractivity contribution in [1.82, 2.24) is 19.0 Å². The molecule has 4 aliphatic heterocycles. The smallest absolute Gasteiger partial charge is 0.410 e. The summed E-state index contributed by atoms with van der Waals surface area (Å²) in [6.45, 7) is 3.29. The van der Waals surface area contributed by atoms with Crippen LogP contribution >= 0.6 is 15.9 Å². The summed E-state index contributed by atoms with van der Waals surface area (Å²) in [6.07, 6.45) is 3.58. The van der Waals surface area contributed by atoms with E-state index in [1.807, 2.05) is 29.2 Å². The molecule has 0 radical (unpaired) electrons. The van der Waals surface area contributed by atoms with E-state index < -0.39 is 22.4 Å². The molecule has 3 fully saturated rings. The summed E-state index contributed by atoms with van der Waals surface area (Å²) in [4.78, 5) is 46.0. The fourth-order valence-corrected chi connectivity index (χ4v) is 9.34. The molecule has 0 aromatic heterocycles. The first-order chi connectivity index (χ1) is 23.9. The minimum atomic E-state index is -3.68. The van der Waals surface area contributed by atoms with E-state index in [1.54, 1.807) is 29.8 Å². The molecule has 13 nitrogen and oxygen atoms in total. The normalized spacial score (nSPS) is 20.9. The van der Waals surface area contributed by atoms with Gasteiger partial charge in [-0.25, -0.2) is 14.7 Å². The van der Waals surface area contributed by atoms with Gasteiger partial charge in [0, 0.05) is 64.0 Å². The number of carbonyl (C=O) groups is 3. The summed E-state index contributed by atoms with van der Waals surface area (Å²) in [6, 6.07) is 11.2. The van der Waals surface area contributed by atoms with E-state index in [9.17, 15) is 27.9 Å². The van der Waals surface area contributed by atoms with Crippen molar-refractivity contribution in [2.45, 2.75) is 63.5 Å². The fourth-order valence-electron chi connectivity index (χ4n) is 8.01. The average molecular weight is 774 g/mol. The van der Waals surface area contributed by atoms with Crippen LogP contribution in [0.25, 0.3) is 0 Å². The largest absolute Gasteiger partial charge is 0.507 e. The van der Waals surface area contributed by atoms with Gasteiger partial charge in [0.05, 0.1) is 4.47 Å². The maximum atomic E-state index is 14.0.